The SMILES string of the molecule is COc1ccc2cc(CN(C)C(=O)COC(=O)CN3C(=O)c4ccccc4S3(=O)=O)ccc2c1. The standard InChI is InChI=1S/C24H22N2O7S/c1-25(13-16-7-8-18-12-19(32-2)10-9-17(18)11-16)22(27)15-33-23(28)14-26-24(29)20-5-3-4-6-21(20)34(26,30)31/h3-12H,13-15H2,1-2H3. The van der Waals surface area contributed by atoms with Crippen LogP contribution in [0.2, 0.25) is 0 Å². The number of amides is 2. The normalized spacial score (nSPS) is 14.1. The van der Waals surface area contributed by atoms with E-state index in [1.54, 1.807) is 14.2 Å². The summed E-state index contributed by atoms with van der Waals surface area (Å²) in [5, 5.41) is 1.99. The van der Waals surface area contributed by atoms with Gasteiger partial charge in [0.25, 0.3) is 21.8 Å². The van der Waals surface area contributed by atoms with E-state index in [0.717, 1.165) is 22.1 Å². The number of likely N-dealkylation sites (N-methyl/N-ethyl adjacent to an activating group) is 1. The number of methoxy groups -OCH3 is 1. The Kier molecular flexibility index (Phi) is 6.25. The maximum absolute atomic E-state index is 12.5. The van der Waals surface area contributed by atoms with Crippen LogP contribution in [0.15, 0.2) is 65.6 Å². The maximum Gasteiger partial charge on any atom is 0.327 e. The zero-order valence-electron chi connectivity index (χ0n) is 18.6. The predicted octanol–water partition coefficient (Wildman–Crippen LogP) is 2.19. The van der Waals surface area contributed by atoms with E-state index in [2.05, 4.69) is 0 Å². The van der Waals surface area contributed by atoms with Crippen molar-refractivity contribution >= 4 is 38.6 Å². The Labute approximate surface area is 196 Å². The van der Waals surface area contributed by atoms with E-state index < -0.39 is 41.0 Å². The summed E-state index contributed by atoms with van der Waals surface area (Å²) in [5.41, 5.74) is 0.881. The van der Waals surface area contributed by atoms with Crippen molar-refractivity contribution < 1.29 is 32.3 Å². The van der Waals surface area contributed by atoms with Crippen molar-refractivity contribution in [2.24, 2.45) is 0 Å². The Hall–Kier alpha value is -3.92. The first-order valence-corrected chi connectivity index (χ1v) is 11.8. The van der Waals surface area contributed by atoms with Gasteiger partial charge in [-0.25, -0.2) is 12.7 Å². The lowest BCUT2D eigenvalue weighted by Crippen LogP contribution is -2.37. The second kappa shape index (κ2) is 9.14. The van der Waals surface area contributed by atoms with Gasteiger partial charge in [0.15, 0.2) is 6.61 Å². The Bertz CT molecular complexity index is 1400. The van der Waals surface area contributed by atoms with E-state index in [1.807, 2.05) is 36.4 Å². The molecule has 3 aromatic carbocycles. The first-order chi connectivity index (χ1) is 16.2. The molecule has 10 heteroatoms. The molecule has 176 valence electrons. The first-order valence-electron chi connectivity index (χ1n) is 10.3. The number of ether oxygens (including phenoxy) is 2. The minimum atomic E-state index is -4.13. The van der Waals surface area contributed by atoms with Crippen molar-refractivity contribution in [2.45, 2.75) is 11.4 Å². The molecule has 1 aliphatic rings. The second-order valence-corrected chi connectivity index (χ2v) is 9.60. The molecular weight excluding hydrogens is 460 g/mol. The molecule has 0 radical (unpaired) electrons. The van der Waals surface area contributed by atoms with Crippen LogP contribution in [0.1, 0.15) is 15.9 Å². The molecule has 3 aromatic rings. The Morgan fingerprint density at radius 3 is 2.44 bits per heavy atom. The second-order valence-electron chi connectivity index (χ2n) is 7.77. The number of benzene rings is 3. The lowest BCUT2D eigenvalue weighted by atomic mass is 10.1. The van der Waals surface area contributed by atoms with Crippen LogP contribution >= 0.6 is 0 Å². The number of carbonyl (C=O) groups excluding carboxylic acids is 3. The van der Waals surface area contributed by atoms with Crippen molar-refractivity contribution in [3.05, 3.63) is 71.8 Å². The highest BCUT2D eigenvalue weighted by Crippen LogP contribution is 2.29. The number of nitrogens with zero attached hydrogens (tertiary/aromatic N) is 2. The molecule has 0 saturated heterocycles. The van der Waals surface area contributed by atoms with E-state index >= 15 is 0 Å². The molecule has 0 bridgehead atoms. The van der Waals surface area contributed by atoms with Gasteiger partial charge in [-0.05, 0) is 46.7 Å². The molecule has 34 heavy (non-hydrogen) atoms. The number of sulfonamides is 1. The van der Waals surface area contributed by atoms with Gasteiger partial charge in [0.2, 0.25) is 0 Å². The van der Waals surface area contributed by atoms with Crippen LogP contribution in [-0.2, 0) is 30.9 Å². The summed E-state index contributed by atoms with van der Waals surface area (Å²) in [4.78, 5) is 38.3. The molecule has 0 atom stereocenters. The molecule has 0 fully saturated rings. The molecule has 9 nitrogen and oxygen atoms in total. The van der Waals surface area contributed by atoms with Gasteiger partial charge < -0.3 is 14.4 Å². The summed E-state index contributed by atoms with van der Waals surface area (Å²) < 4.78 is 35.7. The monoisotopic (exact) mass is 482 g/mol. The smallest absolute Gasteiger partial charge is 0.327 e. The van der Waals surface area contributed by atoms with Crippen molar-refractivity contribution in [1.82, 2.24) is 9.21 Å². The zero-order valence-corrected chi connectivity index (χ0v) is 19.4. The van der Waals surface area contributed by atoms with Gasteiger partial charge in [-0.2, -0.15) is 0 Å². The Morgan fingerprint density at radius 2 is 1.71 bits per heavy atom. The summed E-state index contributed by atoms with van der Waals surface area (Å²) in [7, 11) is -0.959. The van der Waals surface area contributed by atoms with Crippen molar-refractivity contribution in [1.29, 1.82) is 0 Å². The highest BCUT2D eigenvalue weighted by molar-refractivity contribution is 7.90. The molecular formula is C24H22N2O7S. The number of fused-ring (bicyclic) bond motifs is 2. The molecule has 0 N–H and O–H groups in total. The zero-order chi connectivity index (χ0) is 24.5. The summed E-state index contributed by atoms with van der Waals surface area (Å²) in [6, 6.07) is 17.2. The fourth-order valence-electron chi connectivity index (χ4n) is 3.66. The topological polar surface area (TPSA) is 110 Å². The number of carbonyl (C=O) groups is 3. The van der Waals surface area contributed by atoms with Crippen LogP contribution in [-0.4, -0.2) is 62.7 Å². The van der Waals surface area contributed by atoms with E-state index in [4.69, 9.17) is 9.47 Å². The lowest BCUT2D eigenvalue weighted by molar-refractivity contribution is -0.151. The molecule has 0 aliphatic carbocycles. The van der Waals surface area contributed by atoms with Crippen LogP contribution in [0.3, 0.4) is 0 Å². The van der Waals surface area contributed by atoms with E-state index in [-0.39, 0.29) is 17.0 Å². The van der Waals surface area contributed by atoms with E-state index in [0.29, 0.717) is 4.31 Å². The molecule has 2 amide bonds. The third kappa shape index (κ3) is 4.44. The third-order valence-electron chi connectivity index (χ3n) is 5.50. The van der Waals surface area contributed by atoms with Gasteiger partial charge in [-0.1, -0.05) is 30.3 Å². The van der Waals surface area contributed by atoms with Gasteiger partial charge >= 0.3 is 5.97 Å². The molecule has 4 rings (SSSR count). The summed E-state index contributed by atoms with van der Waals surface area (Å²) in [6.07, 6.45) is 0. The number of esters is 1. The van der Waals surface area contributed by atoms with Crippen LogP contribution < -0.4 is 4.74 Å². The van der Waals surface area contributed by atoms with Crippen molar-refractivity contribution in [2.75, 3.05) is 27.3 Å². The summed E-state index contributed by atoms with van der Waals surface area (Å²) >= 11 is 0. The highest BCUT2D eigenvalue weighted by Gasteiger charge is 2.42. The fourth-order valence-corrected chi connectivity index (χ4v) is 5.18. The Morgan fingerprint density at radius 1 is 1.00 bits per heavy atom. The van der Waals surface area contributed by atoms with Crippen LogP contribution in [0.5, 0.6) is 5.75 Å². The summed E-state index contributed by atoms with van der Waals surface area (Å²) in [5.74, 6) is -1.51. The minimum Gasteiger partial charge on any atom is -0.497 e. The third-order valence-corrected chi connectivity index (χ3v) is 7.29. The van der Waals surface area contributed by atoms with Crippen molar-refractivity contribution in [3.63, 3.8) is 0 Å². The first kappa shape index (κ1) is 23.2. The van der Waals surface area contributed by atoms with Gasteiger partial charge in [-0.15, -0.1) is 0 Å². The predicted molar refractivity (Wildman–Crippen MR) is 123 cm³/mol. The lowest BCUT2D eigenvalue weighted by Gasteiger charge is -2.18. The van der Waals surface area contributed by atoms with Crippen LogP contribution in [0.4, 0.5) is 0 Å². The van der Waals surface area contributed by atoms with Crippen LogP contribution in [0.25, 0.3) is 10.8 Å². The molecule has 1 aliphatic heterocycles. The molecule has 1 heterocycles. The number of hydrogen-bond acceptors (Lipinski definition) is 7. The average molecular weight is 483 g/mol. The largest absolute Gasteiger partial charge is 0.497 e. The van der Waals surface area contributed by atoms with Crippen molar-refractivity contribution in [3.8, 4) is 5.75 Å². The van der Waals surface area contributed by atoms with E-state index in [9.17, 15) is 22.8 Å². The molecule has 0 aromatic heterocycles. The molecule has 0 saturated carbocycles. The molecule has 0 unspecified atom stereocenters. The van der Waals surface area contributed by atoms with Gasteiger partial charge in [0.05, 0.1) is 12.7 Å². The quantitative estimate of drug-likeness (QED) is 0.475. The average Bonchev–Trinajstić information content (AvgIpc) is 3.02. The summed E-state index contributed by atoms with van der Waals surface area (Å²) in [6.45, 7) is -1.09. The van der Waals surface area contributed by atoms with Gasteiger partial charge in [0, 0.05) is 13.6 Å². The van der Waals surface area contributed by atoms with Crippen LogP contribution in [0, 0.1) is 0 Å². The number of hydrogen-bond donors (Lipinski definition) is 0. The van der Waals surface area contributed by atoms with E-state index in [1.165, 1.54) is 29.2 Å². The van der Waals surface area contributed by atoms with Gasteiger partial charge in [0.1, 0.15) is 17.2 Å². The minimum absolute atomic E-state index is 0.0000568. The highest BCUT2D eigenvalue weighted by atomic mass is 32.2. The maximum atomic E-state index is 12.5. The Balaban J connectivity index is 1.33. The number of rotatable bonds is 7. The fraction of sp³-hybridized carbons (Fsp3) is 0.208. The van der Waals surface area contributed by atoms with Gasteiger partial charge in [-0.3, -0.25) is 14.4 Å². The molecule has 0 spiro atoms.